The van der Waals surface area contributed by atoms with Gasteiger partial charge in [0.25, 0.3) is 5.78 Å². The number of aromatic nitrogens is 6. The molecule has 0 unspecified atom stereocenters. The summed E-state index contributed by atoms with van der Waals surface area (Å²) in [7, 11) is 0. The van der Waals surface area contributed by atoms with Crippen molar-refractivity contribution in [3.63, 3.8) is 0 Å². The Morgan fingerprint density at radius 1 is 1.19 bits per heavy atom. The normalized spacial score (nSPS) is 14.0. The molecule has 9 heteroatoms. The number of hydrogen-bond donors (Lipinski definition) is 0. The molecule has 0 saturated heterocycles. The van der Waals surface area contributed by atoms with Crippen LogP contribution in [0, 0.1) is 0 Å². The molecule has 27 heavy (non-hydrogen) atoms. The minimum atomic E-state index is 0.705. The van der Waals surface area contributed by atoms with E-state index in [2.05, 4.69) is 24.7 Å². The predicted molar refractivity (Wildman–Crippen MR) is 108 cm³/mol. The van der Waals surface area contributed by atoms with Crippen LogP contribution in [0.2, 0.25) is 5.02 Å². The Balaban J connectivity index is 1.57. The summed E-state index contributed by atoms with van der Waals surface area (Å²) >= 11 is 9.80. The van der Waals surface area contributed by atoms with Crippen LogP contribution in [0.3, 0.4) is 0 Å². The first-order chi connectivity index (χ1) is 13.3. The third-order valence-electron chi connectivity index (χ3n) is 5.00. The van der Waals surface area contributed by atoms with Gasteiger partial charge in [-0.1, -0.05) is 41.6 Å². The summed E-state index contributed by atoms with van der Waals surface area (Å²) in [6.45, 7) is 0. The van der Waals surface area contributed by atoms with E-state index in [9.17, 15) is 0 Å². The van der Waals surface area contributed by atoms with Crippen LogP contribution in [0.25, 0.3) is 21.6 Å². The molecule has 0 radical (unpaired) electrons. The zero-order chi connectivity index (χ0) is 18.0. The van der Waals surface area contributed by atoms with Crippen LogP contribution in [0.1, 0.15) is 22.4 Å². The molecule has 1 aromatic carbocycles. The van der Waals surface area contributed by atoms with Crippen LogP contribution in [-0.2, 0) is 18.6 Å². The minimum absolute atomic E-state index is 0.705. The molecule has 4 aromatic heterocycles. The second-order valence-corrected chi connectivity index (χ2v) is 8.96. The van der Waals surface area contributed by atoms with Crippen molar-refractivity contribution in [2.45, 2.75) is 30.2 Å². The Labute approximate surface area is 167 Å². The van der Waals surface area contributed by atoms with E-state index >= 15 is 0 Å². The van der Waals surface area contributed by atoms with Crippen molar-refractivity contribution in [3.05, 3.63) is 51.6 Å². The van der Waals surface area contributed by atoms with Crippen molar-refractivity contribution in [2.24, 2.45) is 0 Å². The van der Waals surface area contributed by atoms with E-state index in [0.29, 0.717) is 5.78 Å². The van der Waals surface area contributed by atoms with E-state index in [4.69, 9.17) is 11.6 Å². The van der Waals surface area contributed by atoms with Gasteiger partial charge in [-0.2, -0.15) is 9.61 Å². The topological polar surface area (TPSA) is 60.4 Å². The lowest BCUT2D eigenvalue weighted by atomic mass is 10.2. The Morgan fingerprint density at radius 3 is 3.04 bits per heavy atom. The fourth-order valence-corrected chi connectivity index (χ4v) is 6.42. The number of fused-ring (bicyclic) bond motifs is 8. The molecule has 134 valence electrons. The lowest BCUT2D eigenvalue weighted by Gasteiger charge is -2.05. The first-order valence-corrected chi connectivity index (χ1v) is 10.9. The maximum Gasteiger partial charge on any atom is 0.260 e. The monoisotopic (exact) mass is 412 g/mol. The Bertz CT molecular complexity index is 1330. The average molecular weight is 413 g/mol. The number of nitrogens with zero attached hydrogens (tertiary/aromatic N) is 6. The molecule has 4 heterocycles. The Morgan fingerprint density at radius 2 is 2.11 bits per heavy atom. The lowest BCUT2D eigenvalue weighted by Crippen LogP contribution is -1.99. The molecule has 1 aliphatic rings. The summed E-state index contributed by atoms with van der Waals surface area (Å²) in [4.78, 5) is 7.14. The molecule has 0 aliphatic heterocycles. The van der Waals surface area contributed by atoms with Crippen LogP contribution in [0.15, 0.2) is 35.7 Å². The summed E-state index contributed by atoms with van der Waals surface area (Å²) in [5, 5.41) is 16.1. The second kappa shape index (κ2) is 5.92. The zero-order valence-corrected chi connectivity index (χ0v) is 16.5. The maximum absolute atomic E-state index is 6.32. The molecule has 0 spiro atoms. The fraction of sp³-hybridized carbons (Fsp3) is 0.222. The number of rotatable bonds is 3. The van der Waals surface area contributed by atoms with Crippen molar-refractivity contribution < 1.29 is 0 Å². The molecule has 1 aliphatic carbocycles. The van der Waals surface area contributed by atoms with Gasteiger partial charge in [-0.05, 0) is 36.5 Å². The van der Waals surface area contributed by atoms with E-state index in [1.807, 2.05) is 35.6 Å². The Hall–Kier alpha value is -2.16. The number of aryl methyl sites for hydroxylation is 2. The molecular weight excluding hydrogens is 400 g/mol. The summed E-state index contributed by atoms with van der Waals surface area (Å²) in [6.07, 6.45) is 5.05. The first-order valence-electron chi connectivity index (χ1n) is 8.68. The van der Waals surface area contributed by atoms with Gasteiger partial charge >= 0.3 is 0 Å². The van der Waals surface area contributed by atoms with Gasteiger partial charge in [0.15, 0.2) is 10.8 Å². The molecule has 0 saturated carbocycles. The molecular formula is C18H13ClN6S2. The lowest BCUT2D eigenvalue weighted by molar-refractivity contribution is 0.911. The van der Waals surface area contributed by atoms with E-state index in [1.165, 1.54) is 27.1 Å². The predicted octanol–water partition coefficient (Wildman–Crippen LogP) is 4.42. The summed E-state index contributed by atoms with van der Waals surface area (Å²) < 4.78 is 3.93. The fourth-order valence-electron chi connectivity index (χ4n) is 3.76. The SMILES string of the molecule is Clc1ccccc1CSc1nnc2n3ncnc3c3c4c(sc3n12)CCC4. The van der Waals surface area contributed by atoms with Gasteiger partial charge in [0, 0.05) is 15.7 Å². The summed E-state index contributed by atoms with van der Waals surface area (Å²) in [5.41, 5.74) is 3.39. The maximum atomic E-state index is 6.32. The van der Waals surface area contributed by atoms with Crippen LogP contribution < -0.4 is 0 Å². The van der Waals surface area contributed by atoms with Crippen LogP contribution >= 0.6 is 34.7 Å². The first kappa shape index (κ1) is 15.9. The second-order valence-electron chi connectivity index (χ2n) is 6.53. The van der Waals surface area contributed by atoms with E-state index in [1.54, 1.807) is 22.6 Å². The number of halogens is 1. The van der Waals surface area contributed by atoms with Gasteiger partial charge in [0.2, 0.25) is 0 Å². The van der Waals surface area contributed by atoms with Crippen LogP contribution in [-0.4, -0.2) is 29.2 Å². The van der Waals surface area contributed by atoms with Crippen molar-refractivity contribution in [1.82, 2.24) is 29.2 Å². The third kappa shape index (κ3) is 2.27. The molecule has 6 rings (SSSR count). The number of thiophene rings is 1. The van der Waals surface area contributed by atoms with Crippen LogP contribution in [0.4, 0.5) is 0 Å². The van der Waals surface area contributed by atoms with Crippen molar-refractivity contribution in [2.75, 3.05) is 0 Å². The van der Waals surface area contributed by atoms with Gasteiger partial charge in [-0.15, -0.1) is 21.5 Å². The van der Waals surface area contributed by atoms with Crippen LogP contribution in [0.5, 0.6) is 0 Å². The highest BCUT2D eigenvalue weighted by atomic mass is 35.5. The van der Waals surface area contributed by atoms with E-state index < -0.39 is 0 Å². The molecule has 0 amide bonds. The number of benzene rings is 1. The van der Waals surface area contributed by atoms with E-state index in [-0.39, 0.29) is 0 Å². The molecule has 0 fully saturated rings. The molecule has 0 bridgehead atoms. The molecule has 0 N–H and O–H groups in total. The zero-order valence-electron chi connectivity index (χ0n) is 14.1. The largest absolute Gasteiger partial charge is 0.260 e. The molecule has 0 atom stereocenters. The Kier molecular flexibility index (Phi) is 3.48. The average Bonchev–Trinajstić information content (AvgIpc) is 3.42. The number of thioether (sulfide) groups is 1. The van der Waals surface area contributed by atoms with E-state index in [0.717, 1.165) is 40.0 Å². The molecule has 5 aromatic rings. The third-order valence-corrected chi connectivity index (χ3v) is 7.62. The van der Waals surface area contributed by atoms with Crippen molar-refractivity contribution in [1.29, 1.82) is 0 Å². The molecule has 6 nitrogen and oxygen atoms in total. The van der Waals surface area contributed by atoms with Crippen molar-refractivity contribution in [3.8, 4) is 0 Å². The minimum Gasteiger partial charge on any atom is -0.244 e. The highest BCUT2D eigenvalue weighted by Crippen LogP contribution is 2.40. The highest BCUT2D eigenvalue weighted by molar-refractivity contribution is 7.98. The van der Waals surface area contributed by atoms with Crippen molar-refractivity contribution >= 4 is 56.3 Å². The number of hydrogen-bond acceptors (Lipinski definition) is 6. The summed E-state index contributed by atoms with van der Waals surface area (Å²) in [6, 6.07) is 7.91. The standard InChI is InChI=1S/C18H13ClN6S2/c19-12-6-2-1-4-10(12)8-26-18-23-22-17-24(18)16-14(15-20-9-21-25(15)17)11-5-3-7-13(11)27-16/h1-2,4,6,9H,3,5,7-8H2. The van der Waals surface area contributed by atoms with Gasteiger partial charge in [0.05, 0.1) is 5.39 Å². The van der Waals surface area contributed by atoms with Gasteiger partial charge in [-0.25, -0.2) is 9.38 Å². The smallest absolute Gasteiger partial charge is 0.244 e. The van der Waals surface area contributed by atoms with Gasteiger partial charge in [0.1, 0.15) is 11.2 Å². The van der Waals surface area contributed by atoms with Gasteiger partial charge in [-0.3, -0.25) is 0 Å². The quantitative estimate of drug-likeness (QED) is 0.410. The van der Waals surface area contributed by atoms with Gasteiger partial charge < -0.3 is 0 Å². The highest BCUT2D eigenvalue weighted by Gasteiger charge is 2.25. The summed E-state index contributed by atoms with van der Waals surface area (Å²) in [5.74, 6) is 1.44.